The molecule has 0 spiro atoms. The van der Waals surface area contributed by atoms with Crippen LogP contribution < -0.4 is 10.1 Å². The number of benzene rings is 1. The highest BCUT2D eigenvalue weighted by molar-refractivity contribution is 5.33. The molecule has 106 valence electrons. The van der Waals surface area contributed by atoms with E-state index >= 15 is 0 Å². The third-order valence-electron chi connectivity index (χ3n) is 3.23. The quantitative estimate of drug-likeness (QED) is 0.730. The van der Waals surface area contributed by atoms with Crippen LogP contribution in [0.4, 0.5) is 0 Å². The summed E-state index contributed by atoms with van der Waals surface area (Å²) in [5.74, 6) is 0.930. The molecular weight excluding hydrogens is 242 g/mol. The minimum atomic E-state index is 0.376. The molecule has 4 nitrogen and oxygen atoms in total. The van der Waals surface area contributed by atoms with Crippen LogP contribution in [0.15, 0.2) is 24.3 Å². The Labute approximate surface area is 115 Å². The van der Waals surface area contributed by atoms with Crippen LogP contribution in [0, 0.1) is 0 Å². The van der Waals surface area contributed by atoms with Gasteiger partial charge in [-0.2, -0.15) is 0 Å². The first-order valence-corrected chi connectivity index (χ1v) is 6.92. The average Bonchev–Trinajstić information content (AvgIpc) is 2.94. The first-order chi connectivity index (χ1) is 9.40. The van der Waals surface area contributed by atoms with Gasteiger partial charge in [-0.05, 0) is 18.9 Å². The van der Waals surface area contributed by atoms with Crippen molar-refractivity contribution in [3.8, 4) is 5.75 Å². The van der Waals surface area contributed by atoms with Gasteiger partial charge in [0.25, 0.3) is 0 Å². The second-order valence-electron chi connectivity index (χ2n) is 4.71. The summed E-state index contributed by atoms with van der Waals surface area (Å²) in [4.78, 5) is 0. The molecule has 0 bridgehead atoms. The van der Waals surface area contributed by atoms with E-state index in [1.165, 1.54) is 18.4 Å². The van der Waals surface area contributed by atoms with Crippen LogP contribution in [0.2, 0.25) is 0 Å². The average molecular weight is 265 g/mol. The normalized spacial score (nSPS) is 18.7. The highest BCUT2D eigenvalue weighted by atomic mass is 16.5. The summed E-state index contributed by atoms with van der Waals surface area (Å²) >= 11 is 0. The second-order valence-corrected chi connectivity index (χ2v) is 4.71. The molecule has 1 aliphatic rings. The van der Waals surface area contributed by atoms with Crippen molar-refractivity contribution in [3.05, 3.63) is 29.8 Å². The molecule has 0 aliphatic carbocycles. The molecule has 0 aromatic heterocycles. The molecule has 1 unspecified atom stereocenters. The molecule has 1 heterocycles. The molecule has 1 saturated heterocycles. The van der Waals surface area contributed by atoms with Crippen molar-refractivity contribution in [1.82, 2.24) is 5.32 Å². The summed E-state index contributed by atoms with van der Waals surface area (Å²) in [6.07, 6.45) is 2.73. The zero-order chi connectivity index (χ0) is 13.3. The SMILES string of the molecule is COCCOc1ccccc1CNCC1CCCO1. The molecule has 1 fully saturated rings. The first-order valence-electron chi connectivity index (χ1n) is 6.92. The van der Waals surface area contributed by atoms with Gasteiger partial charge >= 0.3 is 0 Å². The van der Waals surface area contributed by atoms with Crippen LogP contribution in [0.25, 0.3) is 0 Å². The summed E-state index contributed by atoms with van der Waals surface area (Å²) in [6, 6.07) is 8.11. The maximum atomic E-state index is 5.70. The molecule has 1 aliphatic heterocycles. The van der Waals surface area contributed by atoms with Gasteiger partial charge in [0.1, 0.15) is 12.4 Å². The number of hydrogen-bond donors (Lipinski definition) is 1. The molecule has 1 aromatic rings. The molecule has 0 amide bonds. The van der Waals surface area contributed by atoms with Gasteiger partial charge in [-0.25, -0.2) is 0 Å². The molecule has 19 heavy (non-hydrogen) atoms. The van der Waals surface area contributed by atoms with Crippen molar-refractivity contribution in [2.75, 3.05) is 33.5 Å². The smallest absolute Gasteiger partial charge is 0.123 e. The van der Waals surface area contributed by atoms with E-state index < -0.39 is 0 Å². The highest BCUT2D eigenvalue weighted by Gasteiger charge is 2.14. The second kappa shape index (κ2) is 8.15. The van der Waals surface area contributed by atoms with Gasteiger partial charge in [-0.1, -0.05) is 18.2 Å². The minimum Gasteiger partial charge on any atom is -0.491 e. The zero-order valence-corrected chi connectivity index (χ0v) is 11.6. The predicted octanol–water partition coefficient (Wildman–Crippen LogP) is 1.98. The van der Waals surface area contributed by atoms with Crippen LogP contribution in [-0.2, 0) is 16.0 Å². The van der Waals surface area contributed by atoms with Crippen molar-refractivity contribution in [2.45, 2.75) is 25.5 Å². The predicted molar refractivity (Wildman–Crippen MR) is 74.5 cm³/mol. The van der Waals surface area contributed by atoms with Crippen LogP contribution >= 0.6 is 0 Å². The highest BCUT2D eigenvalue weighted by Crippen LogP contribution is 2.18. The maximum absolute atomic E-state index is 5.70. The number of nitrogens with one attached hydrogen (secondary N) is 1. The lowest BCUT2D eigenvalue weighted by atomic mass is 10.2. The molecule has 1 atom stereocenters. The topological polar surface area (TPSA) is 39.7 Å². The van der Waals surface area contributed by atoms with Gasteiger partial charge in [-0.15, -0.1) is 0 Å². The van der Waals surface area contributed by atoms with Crippen molar-refractivity contribution in [3.63, 3.8) is 0 Å². The molecule has 4 heteroatoms. The lowest BCUT2D eigenvalue weighted by Gasteiger charge is -2.14. The molecular formula is C15H23NO3. The van der Waals surface area contributed by atoms with E-state index in [2.05, 4.69) is 11.4 Å². The van der Waals surface area contributed by atoms with E-state index in [-0.39, 0.29) is 0 Å². The van der Waals surface area contributed by atoms with E-state index in [1.807, 2.05) is 18.2 Å². The molecule has 1 aromatic carbocycles. The van der Waals surface area contributed by atoms with Gasteiger partial charge < -0.3 is 19.5 Å². The number of rotatable bonds is 8. The number of methoxy groups -OCH3 is 1. The Morgan fingerprint density at radius 1 is 1.32 bits per heavy atom. The Morgan fingerprint density at radius 3 is 3.00 bits per heavy atom. The van der Waals surface area contributed by atoms with Crippen molar-refractivity contribution in [1.29, 1.82) is 0 Å². The van der Waals surface area contributed by atoms with Crippen molar-refractivity contribution in [2.24, 2.45) is 0 Å². The van der Waals surface area contributed by atoms with E-state index in [9.17, 15) is 0 Å². The summed E-state index contributed by atoms with van der Waals surface area (Å²) in [6.45, 7) is 3.81. The lowest BCUT2D eigenvalue weighted by molar-refractivity contribution is 0.109. The van der Waals surface area contributed by atoms with Gasteiger partial charge in [-0.3, -0.25) is 0 Å². The van der Waals surface area contributed by atoms with Crippen LogP contribution in [-0.4, -0.2) is 39.6 Å². The zero-order valence-electron chi connectivity index (χ0n) is 11.6. The Hall–Kier alpha value is -1.10. The summed E-state index contributed by atoms with van der Waals surface area (Å²) in [5, 5.41) is 3.44. The third-order valence-corrected chi connectivity index (χ3v) is 3.23. The molecule has 0 radical (unpaired) electrons. The first kappa shape index (κ1) is 14.3. The standard InChI is InChI=1S/C15H23NO3/c1-17-9-10-19-15-7-3-2-5-13(15)11-16-12-14-6-4-8-18-14/h2-3,5,7,14,16H,4,6,8-12H2,1H3. The summed E-state index contributed by atoms with van der Waals surface area (Å²) in [7, 11) is 1.68. The van der Waals surface area contributed by atoms with E-state index in [0.29, 0.717) is 19.3 Å². The minimum absolute atomic E-state index is 0.376. The van der Waals surface area contributed by atoms with E-state index in [0.717, 1.165) is 25.4 Å². The van der Waals surface area contributed by atoms with E-state index in [1.54, 1.807) is 7.11 Å². The largest absolute Gasteiger partial charge is 0.491 e. The van der Waals surface area contributed by atoms with E-state index in [4.69, 9.17) is 14.2 Å². The Morgan fingerprint density at radius 2 is 2.21 bits per heavy atom. The monoisotopic (exact) mass is 265 g/mol. The van der Waals surface area contributed by atoms with Gasteiger partial charge in [0, 0.05) is 32.4 Å². The fraction of sp³-hybridized carbons (Fsp3) is 0.600. The Bertz CT molecular complexity index is 364. The third kappa shape index (κ3) is 4.82. The van der Waals surface area contributed by atoms with Gasteiger partial charge in [0.2, 0.25) is 0 Å². The van der Waals surface area contributed by atoms with Crippen LogP contribution in [0.3, 0.4) is 0 Å². The maximum Gasteiger partial charge on any atom is 0.123 e. The Kier molecular flexibility index (Phi) is 6.14. The van der Waals surface area contributed by atoms with Crippen molar-refractivity contribution >= 4 is 0 Å². The molecule has 1 N–H and O–H groups in total. The fourth-order valence-corrected chi connectivity index (χ4v) is 2.20. The van der Waals surface area contributed by atoms with Gasteiger partial charge in [0.15, 0.2) is 0 Å². The van der Waals surface area contributed by atoms with Gasteiger partial charge in [0.05, 0.1) is 12.7 Å². The van der Waals surface area contributed by atoms with Crippen LogP contribution in [0.1, 0.15) is 18.4 Å². The van der Waals surface area contributed by atoms with Crippen LogP contribution in [0.5, 0.6) is 5.75 Å². The number of hydrogen-bond acceptors (Lipinski definition) is 4. The Balaban J connectivity index is 1.77. The fourth-order valence-electron chi connectivity index (χ4n) is 2.20. The number of para-hydroxylation sites is 1. The molecule has 0 saturated carbocycles. The molecule has 2 rings (SSSR count). The summed E-state index contributed by atoms with van der Waals surface area (Å²) in [5.41, 5.74) is 1.18. The lowest BCUT2D eigenvalue weighted by Crippen LogP contribution is -2.26. The summed E-state index contributed by atoms with van der Waals surface area (Å²) < 4.78 is 16.3. The van der Waals surface area contributed by atoms with Crippen molar-refractivity contribution < 1.29 is 14.2 Å². The number of ether oxygens (including phenoxy) is 3.